The number of carbonyl (C=O) groups is 1. The number of nitrogens with zero attached hydrogens (tertiary/aromatic N) is 6. The second-order valence-electron chi connectivity index (χ2n) is 4.17. The number of ketones is 1. The van der Waals surface area contributed by atoms with Crippen molar-refractivity contribution in [2.45, 2.75) is 0 Å². The summed E-state index contributed by atoms with van der Waals surface area (Å²) in [6.45, 7) is 0. The molecule has 0 saturated carbocycles. The maximum atomic E-state index is 12.4. The number of aromatic nitrogens is 7. The van der Waals surface area contributed by atoms with Gasteiger partial charge in [-0.15, -0.1) is 21.5 Å². The highest BCUT2D eigenvalue weighted by Crippen LogP contribution is 2.20. The smallest absolute Gasteiger partial charge is 0.223 e. The number of carbonyl (C=O) groups excluding carboxylic acids is 1. The van der Waals surface area contributed by atoms with Crippen LogP contribution in [0, 0.1) is 0 Å². The molecule has 4 aromatic rings. The topological polar surface area (TPSA) is 102 Å². The molecule has 21 heavy (non-hydrogen) atoms. The van der Waals surface area contributed by atoms with E-state index in [-0.39, 0.29) is 5.78 Å². The normalized spacial score (nSPS) is 11.0. The van der Waals surface area contributed by atoms with Gasteiger partial charge >= 0.3 is 0 Å². The van der Waals surface area contributed by atoms with Gasteiger partial charge in [0, 0.05) is 6.20 Å². The van der Waals surface area contributed by atoms with E-state index in [2.05, 4.69) is 30.7 Å². The molecule has 0 aromatic carbocycles. The second-order valence-corrected chi connectivity index (χ2v) is 5.11. The van der Waals surface area contributed by atoms with Crippen LogP contribution in [-0.2, 0) is 0 Å². The number of H-pyrrole nitrogens is 1. The number of hydrogen-bond acceptors (Lipinski definition) is 7. The number of thiophene rings is 1. The Balaban J connectivity index is 1.90. The Hall–Kier alpha value is -2.94. The largest absolute Gasteiger partial charge is 0.287 e. The van der Waals surface area contributed by atoms with Crippen molar-refractivity contribution < 1.29 is 4.79 Å². The number of aromatic amines is 1. The zero-order valence-corrected chi connectivity index (χ0v) is 11.3. The summed E-state index contributed by atoms with van der Waals surface area (Å²) in [7, 11) is 0. The molecule has 0 amide bonds. The highest BCUT2D eigenvalue weighted by molar-refractivity contribution is 7.12. The minimum atomic E-state index is -0.0993. The summed E-state index contributed by atoms with van der Waals surface area (Å²) >= 11 is 1.39. The molecule has 0 fully saturated rings. The minimum absolute atomic E-state index is 0.0993. The highest BCUT2D eigenvalue weighted by Gasteiger charge is 2.19. The fourth-order valence-electron chi connectivity index (χ4n) is 2.03. The van der Waals surface area contributed by atoms with Crippen molar-refractivity contribution >= 4 is 22.8 Å². The number of rotatable bonds is 3. The molecule has 0 saturated heterocycles. The summed E-state index contributed by atoms with van der Waals surface area (Å²) < 4.78 is 1.53. The lowest BCUT2D eigenvalue weighted by Gasteiger charge is -1.99. The Morgan fingerprint density at radius 2 is 2.29 bits per heavy atom. The molecule has 0 unspecified atom stereocenters. The van der Waals surface area contributed by atoms with Crippen molar-refractivity contribution in [3.63, 3.8) is 0 Å². The average Bonchev–Trinajstić information content (AvgIpc) is 3.25. The van der Waals surface area contributed by atoms with E-state index in [1.807, 2.05) is 11.4 Å². The molecule has 4 heterocycles. The molecule has 0 atom stereocenters. The molecular weight excluding hydrogens is 290 g/mol. The fourth-order valence-corrected chi connectivity index (χ4v) is 2.71. The van der Waals surface area contributed by atoms with Crippen LogP contribution >= 0.6 is 11.3 Å². The van der Waals surface area contributed by atoms with Gasteiger partial charge in [-0.25, -0.2) is 9.50 Å². The van der Waals surface area contributed by atoms with Gasteiger partial charge in [0.1, 0.15) is 5.69 Å². The fraction of sp³-hybridized carbons (Fsp3) is 0. The van der Waals surface area contributed by atoms with Crippen molar-refractivity contribution in [2.75, 3.05) is 0 Å². The van der Waals surface area contributed by atoms with Gasteiger partial charge in [0.2, 0.25) is 11.6 Å². The van der Waals surface area contributed by atoms with E-state index >= 15 is 0 Å². The molecular formula is C12H7N7OS. The van der Waals surface area contributed by atoms with Gasteiger partial charge in [0.15, 0.2) is 5.65 Å². The molecule has 0 aliphatic rings. The molecule has 8 nitrogen and oxygen atoms in total. The molecule has 4 aromatic heterocycles. The van der Waals surface area contributed by atoms with Crippen LogP contribution in [0.15, 0.2) is 36.0 Å². The summed E-state index contributed by atoms with van der Waals surface area (Å²) in [6, 6.07) is 5.32. The van der Waals surface area contributed by atoms with Gasteiger partial charge in [-0.1, -0.05) is 6.07 Å². The van der Waals surface area contributed by atoms with Crippen molar-refractivity contribution in [2.24, 2.45) is 0 Å². The van der Waals surface area contributed by atoms with Gasteiger partial charge in [-0.05, 0) is 22.7 Å². The van der Waals surface area contributed by atoms with Crippen LogP contribution < -0.4 is 0 Å². The van der Waals surface area contributed by atoms with E-state index < -0.39 is 0 Å². The zero-order valence-electron chi connectivity index (χ0n) is 10.5. The molecule has 0 spiro atoms. The lowest BCUT2D eigenvalue weighted by molar-refractivity contribution is 0.104. The number of nitrogens with one attached hydrogen (secondary N) is 1. The SMILES string of the molecule is O=C(c1cccs1)c1cnn2c(-c3nn[nH]n3)ccnc12. The third kappa shape index (κ3) is 1.82. The van der Waals surface area contributed by atoms with Gasteiger partial charge in [0.05, 0.1) is 16.6 Å². The molecule has 9 heteroatoms. The van der Waals surface area contributed by atoms with Crippen LogP contribution in [0.5, 0.6) is 0 Å². The van der Waals surface area contributed by atoms with E-state index in [9.17, 15) is 4.79 Å². The van der Waals surface area contributed by atoms with E-state index in [4.69, 9.17) is 0 Å². The standard InChI is InChI=1S/C12H7N7OS/c20-10(9-2-1-5-21-9)7-6-14-19-8(3-4-13-12(7)19)11-15-17-18-16-11/h1-6H,(H,15,16,17,18). The molecule has 0 aliphatic carbocycles. The third-order valence-corrected chi connectivity index (χ3v) is 3.83. The maximum Gasteiger partial charge on any atom is 0.223 e. The molecule has 1 N–H and O–H groups in total. The Morgan fingerprint density at radius 3 is 3.05 bits per heavy atom. The summed E-state index contributed by atoms with van der Waals surface area (Å²) in [5.74, 6) is 0.290. The van der Waals surface area contributed by atoms with Crippen LogP contribution in [0.4, 0.5) is 0 Å². The van der Waals surface area contributed by atoms with Crippen molar-refractivity contribution in [1.82, 2.24) is 35.2 Å². The summed E-state index contributed by atoms with van der Waals surface area (Å²) in [6.07, 6.45) is 3.10. The predicted molar refractivity (Wildman–Crippen MR) is 73.9 cm³/mol. The summed E-state index contributed by atoms with van der Waals surface area (Å²) in [5.41, 5.74) is 1.53. The molecule has 0 aliphatic heterocycles. The number of tetrazole rings is 1. The minimum Gasteiger partial charge on any atom is -0.287 e. The van der Waals surface area contributed by atoms with E-state index in [0.717, 1.165) is 0 Å². The molecule has 0 bridgehead atoms. The third-order valence-electron chi connectivity index (χ3n) is 2.97. The zero-order chi connectivity index (χ0) is 14.2. The first-order valence-electron chi connectivity index (χ1n) is 5.99. The van der Waals surface area contributed by atoms with Crippen LogP contribution in [0.1, 0.15) is 15.2 Å². The first kappa shape index (κ1) is 11.9. The van der Waals surface area contributed by atoms with Crippen molar-refractivity contribution in [3.05, 3.63) is 46.4 Å². The van der Waals surface area contributed by atoms with Crippen LogP contribution in [0.3, 0.4) is 0 Å². The Kier molecular flexibility index (Phi) is 2.57. The van der Waals surface area contributed by atoms with Crippen LogP contribution in [0.2, 0.25) is 0 Å². The Morgan fingerprint density at radius 1 is 1.33 bits per heavy atom. The van der Waals surface area contributed by atoms with Crippen molar-refractivity contribution in [1.29, 1.82) is 0 Å². The highest BCUT2D eigenvalue weighted by atomic mass is 32.1. The van der Waals surface area contributed by atoms with Gasteiger partial charge in [-0.3, -0.25) is 4.79 Å². The summed E-state index contributed by atoms with van der Waals surface area (Å²) in [4.78, 5) is 17.3. The van der Waals surface area contributed by atoms with Gasteiger partial charge in [0.25, 0.3) is 0 Å². The Labute approximate surface area is 121 Å². The lowest BCUT2D eigenvalue weighted by Crippen LogP contribution is -2.01. The van der Waals surface area contributed by atoms with Crippen LogP contribution in [0.25, 0.3) is 17.2 Å². The van der Waals surface area contributed by atoms with Crippen molar-refractivity contribution in [3.8, 4) is 11.5 Å². The number of fused-ring (bicyclic) bond motifs is 1. The second kappa shape index (κ2) is 4.56. The van der Waals surface area contributed by atoms with Gasteiger partial charge in [-0.2, -0.15) is 10.3 Å². The lowest BCUT2D eigenvalue weighted by atomic mass is 10.2. The average molecular weight is 297 g/mol. The molecule has 4 rings (SSSR count). The molecule has 102 valence electrons. The predicted octanol–water partition coefficient (Wildman–Crippen LogP) is 1.20. The quantitative estimate of drug-likeness (QED) is 0.570. The van der Waals surface area contributed by atoms with Crippen LogP contribution in [-0.4, -0.2) is 41.0 Å². The maximum absolute atomic E-state index is 12.4. The van der Waals surface area contributed by atoms with E-state index in [0.29, 0.717) is 27.6 Å². The first-order valence-corrected chi connectivity index (χ1v) is 6.87. The summed E-state index contributed by atoms with van der Waals surface area (Å²) in [5, 5.41) is 19.8. The number of hydrogen-bond donors (Lipinski definition) is 1. The monoisotopic (exact) mass is 297 g/mol. The molecule has 0 radical (unpaired) electrons. The van der Waals surface area contributed by atoms with Gasteiger partial charge < -0.3 is 0 Å². The first-order chi connectivity index (χ1) is 10.3. The van der Waals surface area contributed by atoms with E-state index in [1.165, 1.54) is 22.0 Å². The Bertz CT molecular complexity index is 911. The van der Waals surface area contributed by atoms with E-state index in [1.54, 1.807) is 18.3 Å².